The summed E-state index contributed by atoms with van der Waals surface area (Å²) in [5.74, 6) is 0.532. The molecule has 0 spiro atoms. The minimum absolute atomic E-state index is 0.306. The molecule has 1 aliphatic heterocycles. The minimum atomic E-state index is -2.06. The van der Waals surface area contributed by atoms with Crippen molar-refractivity contribution in [3.8, 4) is 11.1 Å². The summed E-state index contributed by atoms with van der Waals surface area (Å²) in [6, 6.07) is 18.6. The zero-order valence-corrected chi connectivity index (χ0v) is 21.4. The first-order valence-electron chi connectivity index (χ1n) is 12.2. The van der Waals surface area contributed by atoms with Crippen LogP contribution in [0.2, 0.25) is 16.0 Å². The van der Waals surface area contributed by atoms with Crippen LogP contribution in [0.3, 0.4) is 0 Å². The second kappa shape index (κ2) is 8.05. The Morgan fingerprint density at radius 2 is 1.60 bits per heavy atom. The number of hydrogen-bond acceptors (Lipinski definition) is 0. The summed E-state index contributed by atoms with van der Waals surface area (Å²) < 4.78 is 5.89. The maximum absolute atomic E-state index is 2.60. The second-order valence-electron chi connectivity index (χ2n) is 10.2. The van der Waals surface area contributed by atoms with Gasteiger partial charge in [-0.2, -0.15) is 0 Å². The molecule has 30 heavy (non-hydrogen) atoms. The quantitative estimate of drug-likeness (QED) is 0.357. The fourth-order valence-electron chi connectivity index (χ4n) is 6.92. The molecule has 0 amide bonds. The van der Waals surface area contributed by atoms with E-state index in [0.717, 1.165) is 3.63 Å². The number of allylic oxidation sites excluding steroid dienone is 4. The van der Waals surface area contributed by atoms with Crippen molar-refractivity contribution in [1.29, 1.82) is 0 Å². The molecule has 1 saturated heterocycles. The van der Waals surface area contributed by atoms with Gasteiger partial charge in [-0.25, -0.2) is 0 Å². The monoisotopic (exact) mass is 474 g/mol. The van der Waals surface area contributed by atoms with E-state index in [1.165, 1.54) is 36.8 Å². The summed E-state index contributed by atoms with van der Waals surface area (Å²) in [6.07, 6.45) is 12.5. The molecule has 0 radical (unpaired) electrons. The third-order valence-corrected chi connectivity index (χ3v) is 23.2. The third-order valence-electron chi connectivity index (χ3n) is 8.72. The van der Waals surface area contributed by atoms with Crippen molar-refractivity contribution in [1.82, 2.24) is 0 Å². The number of unbranched alkanes of at least 4 members (excludes halogenated alkanes) is 1. The fraction of sp³-hybridized carbons (Fsp3) is 0.448. The van der Waals surface area contributed by atoms with Gasteiger partial charge in [0.05, 0.1) is 0 Å². The van der Waals surface area contributed by atoms with Crippen LogP contribution >= 0.6 is 0 Å². The van der Waals surface area contributed by atoms with Gasteiger partial charge in [0.15, 0.2) is 0 Å². The average Bonchev–Trinajstić information content (AvgIpc) is 3.16. The predicted octanol–water partition coefficient (Wildman–Crippen LogP) is 9.11. The first-order valence-corrected chi connectivity index (χ1v) is 18.8. The predicted molar refractivity (Wildman–Crippen MR) is 127 cm³/mol. The molecule has 3 aliphatic rings. The number of fused-ring (bicyclic) bond motifs is 3. The number of rotatable bonds is 8. The van der Waals surface area contributed by atoms with E-state index in [0.29, 0.717) is 11.3 Å². The first kappa shape index (κ1) is 20.7. The molecule has 156 valence electrons. The van der Waals surface area contributed by atoms with Gasteiger partial charge in [-0.05, 0) is 0 Å². The molecule has 2 aliphatic carbocycles. The van der Waals surface area contributed by atoms with Gasteiger partial charge in [0.1, 0.15) is 0 Å². The van der Waals surface area contributed by atoms with E-state index in [9.17, 15) is 0 Å². The van der Waals surface area contributed by atoms with Gasteiger partial charge < -0.3 is 0 Å². The molecule has 2 aromatic carbocycles. The maximum atomic E-state index is 2.60. The van der Waals surface area contributed by atoms with Crippen LogP contribution in [-0.4, -0.2) is 0 Å². The van der Waals surface area contributed by atoms with Gasteiger partial charge in [-0.3, -0.25) is 0 Å². The van der Waals surface area contributed by atoms with Crippen LogP contribution in [0.1, 0.15) is 63.5 Å². The molecule has 5 rings (SSSR count). The zero-order valence-electron chi connectivity index (χ0n) is 19.0. The molecule has 0 nitrogen and oxygen atoms in total. The van der Waals surface area contributed by atoms with Crippen LogP contribution in [0.4, 0.5) is 0 Å². The summed E-state index contributed by atoms with van der Waals surface area (Å²) in [6.45, 7) is 7.48. The van der Waals surface area contributed by atoms with Gasteiger partial charge >= 0.3 is 189 Å². The van der Waals surface area contributed by atoms with Crippen LogP contribution in [0.25, 0.3) is 11.1 Å². The van der Waals surface area contributed by atoms with Crippen LogP contribution in [-0.2, 0) is 20.3 Å². The number of hydrogen-bond donors (Lipinski definition) is 0. The van der Waals surface area contributed by atoms with Crippen molar-refractivity contribution in [2.75, 3.05) is 0 Å². The number of benzene rings is 2. The molecule has 2 aromatic rings. The summed E-state index contributed by atoms with van der Waals surface area (Å²) in [7, 11) is 0. The standard InChI is InChI=1S/C22H21.C4H9.C3H6.Zr/c1-3-22(2,16-10-4-5-11-16)21-19-14-8-6-12-17(19)18-13-7-9-15-20(18)21;1-3-4-2;1-3-2;/h4-10,12-15,21H,2-3,11H2,1H3;1,3-4H2,2H3;3H,1H2,2H3;. The Balaban J connectivity index is 1.67. The average molecular weight is 476 g/mol. The Hall–Kier alpha value is -1.20. The van der Waals surface area contributed by atoms with Gasteiger partial charge in [0.2, 0.25) is 0 Å². The summed E-state index contributed by atoms with van der Waals surface area (Å²) in [5, 5.41) is 0. The second-order valence-corrected chi connectivity index (χ2v) is 22.4. The normalized spacial score (nSPS) is 26.2. The van der Waals surface area contributed by atoms with Gasteiger partial charge in [-0.15, -0.1) is 0 Å². The molecule has 1 heteroatoms. The van der Waals surface area contributed by atoms with E-state index in [4.69, 9.17) is 0 Å². The van der Waals surface area contributed by atoms with E-state index in [1.54, 1.807) is 29.1 Å². The van der Waals surface area contributed by atoms with Crippen LogP contribution in [0.15, 0.2) is 72.3 Å². The fourth-order valence-corrected chi connectivity index (χ4v) is 24.5. The van der Waals surface area contributed by atoms with Crippen molar-refractivity contribution in [3.05, 3.63) is 83.5 Å². The van der Waals surface area contributed by atoms with Crippen molar-refractivity contribution in [2.45, 2.75) is 68.4 Å². The topological polar surface area (TPSA) is 0 Å². The van der Waals surface area contributed by atoms with E-state index in [2.05, 4.69) is 87.5 Å². The van der Waals surface area contributed by atoms with Gasteiger partial charge in [0, 0.05) is 0 Å². The molecule has 0 N–H and O–H groups in total. The van der Waals surface area contributed by atoms with E-state index in [1.807, 2.05) is 0 Å². The van der Waals surface area contributed by atoms with E-state index < -0.39 is 20.3 Å². The van der Waals surface area contributed by atoms with E-state index in [-0.39, 0.29) is 0 Å². The third kappa shape index (κ3) is 3.19. The summed E-state index contributed by atoms with van der Waals surface area (Å²) in [4.78, 5) is 0. The van der Waals surface area contributed by atoms with Crippen LogP contribution in [0.5, 0.6) is 0 Å². The Kier molecular flexibility index (Phi) is 5.55. The molecule has 3 unspecified atom stereocenters. The Labute approximate surface area is 187 Å². The molecule has 0 bridgehead atoms. The van der Waals surface area contributed by atoms with Gasteiger partial charge in [0.25, 0.3) is 0 Å². The van der Waals surface area contributed by atoms with Crippen molar-refractivity contribution in [3.63, 3.8) is 0 Å². The van der Waals surface area contributed by atoms with Crippen molar-refractivity contribution < 1.29 is 20.3 Å². The molecule has 1 fully saturated rings. The summed E-state index contributed by atoms with van der Waals surface area (Å²) in [5.41, 5.74) is 8.21. The van der Waals surface area contributed by atoms with Crippen LogP contribution in [0, 0.1) is 5.41 Å². The Morgan fingerprint density at radius 3 is 2.10 bits per heavy atom. The Morgan fingerprint density at radius 1 is 0.967 bits per heavy atom. The SMILES string of the molecule is CCC[CH2][Zr]1([CH2]C(CC)(C2=CC=CC2)C2c3ccccc3-c3ccccc32)[CH2][CH]1C. The Bertz CT molecular complexity index is 953. The molecule has 0 aromatic heterocycles. The molecule has 0 saturated carbocycles. The molecular weight excluding hydrogens is 440 g/mol. The zero-order chi connectivity index (χ0) is 20.8. The van der Waals surface area contributed by atoms with Crippen LogP contribution < -0.4 is 0 Å². The van der Waals surface area contributed by atoms with Crippen molar-refractivity contribution >= 4 is 0 Å². The molecular formula is C29H36Zr. The molecule has 1 heterocycles. The first-order chi connectivity index (χ1) is 14.6. The van der Waals surface area contributed by atoms with Crippen molar-refractivity contribution in [2.24, 2.45) is 5.41 Å². The molecule has 3 atom stereocenters. The van der Waals surface area contributed by atoms with Gasteiger partial charge in [-0.1, -0.05) is 0 Å². The summed E-state index contributed by atoms with van der Waals surface area (Å²) >= 11 is -2.06. The van der Waals surface area contributed by atoms with E-state index >= 15 is 0 Å².